The van der Waals surface area contributed by atoms with E-state index in [2.05, 4.69) is 9.62 Å². The lowest BCUT2D eigenvalue weighted by atomic mass is 9.89. The standard InChI is InChI=1S/C51H48Cl2N2O6S/c1-62(57,58)54-47-30-43(24-27-51(47)61-36-40-20-12-5-13-21-40)48(33-56)55(31-37-14-6-2-7-15-37)32-44(41-22-25-49(45(52)28-41)59-34-38-16-8-3-9-17-38)42-23-26-50(46(53)29-42)60-35-39-18-10-4-11-19-39/h2-30,44,48,54,56H,31-36H2,1H3/t48-/m0/s1. The van der Waals surface area contributed by atoms with Crippen LogP contribution < -0.4 is 18.9 Å². The number of hydrogen-bond donors (Lipinski definition) is 2. The van der Waals surface area contributed by atoms with Crippen molar-refractivity contribution in [2.24, 2.45) is 0 Å². The second-order valence-electron chi connectivity index (χ2n) is 15.0. The molecule has 7 aromatic rings. The highest BCUT2D eigenvalue weighted by molar-refractivity contribution is 7.92. The molecule has 0 bridgehead atoms. The van der Waals surface area contributed by atoms with Crippen LogP contribution in [0.15, 0.2) is 176 Å². The Kier molecular flexibility index (Phi) is 15.2. The summed E-state index contributed by atoms with van der Waals surface area (Å²) in [5.41, 5.74) is 6.75. The maximum atomic E-state index is 12.7. The Bertz CT molecular complexity index is 2530. The fraction of sp³-hybridized carbons (Fsp3) is 0.176. The Hall–Kier alpha value is -5.81. The van der Waals surface area contributed by atoms with Gasteiger partial charge < -0.3 is 19.3 Å². The number of sulfonamides is 1. The number of rotatable bonds is 20. The van der Waals surface area contributed by atoms with Gasteiger partial charge in [-0.15, -0.1) is 0 Å². The summed E-state index contributed by atoms with van der Waals surface area (Å²) in [4.78, 5) is 2.19. The maximum absolute atomic E-state index is 12.7. The highest BCUT2D eigenvalue weighted by Crippen LogP contribution is 2.39. The molecule has 11 heteroatoms. The van der Waals surface area contributed by atoms with E-state index in [-0.39, 0.29) is 24.8 Å². The average molecular weight is 888 g/mol. The number of anilines is 1. The van der Waals surface area contributed by atoms with Crippen LogP contribution in [0.25, 0.3) is 0 Å². The molecule has 62 heavy (non-hydrogen) atoms. The molecule has 0 aliphatic carbocycles. The van der Waals surface area contributed by atoms with Gasteiger partial charge in [0.2, 0.25) is 10.0 Å². The Labute approximate surface area is 374 Å². The van der Waals surface area contributed by atoms with E-state index in [1.807, 2.05) is 164 Å². The first-order valence-electron chi connectivity index (χ1n) is 20.2. The molecule has 7 rings (SSSR count). The van der Waals surface area contributed by atoms with E-state index >= 15 is 0 Å². The van der Waals surface area contributed by atoms with Crippen molar-refractivity contribution in [2.75, 3.05) is 24.1 Å². The highest BCUT2D eigenvalue weighted by Gasteiger charge is 2.28. The van der Waals surface area contributed by atoms with Gasteiger partial charge in [0, 0.05) is 19.0 Å². The first-order valence-corrected chi connectivity index (χ1v) is 22.9. The summed E-state index contributed by atoms with van der Waals surface area (Å²) < 4.78 is 46.5. The van der Waals surface area contributed by atoms with Crippen LogP contribution >= 0.6 is 23.2 Å². The average Bonchev–Trinajstić information content (AvgIpc) is 3.28. The predicted molar refractivity (Wildman–Crippen MR) is 249 cm³/mol. The van der Waals surface area contributed by atoms with Crippen LogP contribution in [0.3, 0.4) is 0 Å². The fourth-order valence-corrected chi connectivity index (χ4v) is 8.30. The third kappa shape index (κ3) is 12.4. The smallest absolute Gasteiger partial charge is 0.229 e. The Morgan fingerprint density at radius 2 is 0.952 bits per heavy atom. The zero-order valence-corrected chi connectivity index (χ0v) is 36.6. The lowest BCUT2D eigenvalue weighted by molar-refractivity contribution is 0.113. The van der Waals surface area contributed by atoms with Crippen LogP contribution in [0.1, 0.15) is 50.9 Å². The number of hydrogen-bond acceptors (Lipinski definition) is 7. The van der Waals surface area contributed by atoms with Gasteiger partial charge in [-0.25, -0.2) is 8.42 Å². The number of ether oxygens (including phenoxy) is 3. The van der Waals surface area contributed by atoms with Gasteiger partial charge in [-0.05, 0) is 75.3 Å². The van der Waals surface area contributed by atoms with E-state index in [9.17, 15) is 13.5 Å². The van der Waals surface area contributed by atoms with E-state index < -0.39 is 16.1 Å². The lowest BCUT2D eigenvalue weighted by Crippen LogP contribution is -2.35. The molecule has 0 radical (unpaired) electrons. The monoisotopic (exact) mass is 886 g/mol. The molecule has 7 aromatic carbocycles. The van der Waals surface area contributed by atoms with Crippen molar-refractivity contribution in [3.63, 3.8) is 0 Å². The van der Waals surface area contributed by atoms with Crippen LogP contribution in [0.4, 0.5) is 5.69 Å². The topological polar surface area (TPSA) is 97.3 Å². The molecule has 0 aromatic heterocycles. The van der Waals surface area contributed by atoms with Crippen LogP contribution in [0.2, 0.25) is 10.0 Å². The lowest BCUT2D eigenvalue weighted by Gasteiger charge is -2.35. The van der Waals surface area contributed by atoms with Crippen LogP contribution in [0, 0.1) is 0 Å². The number of nitrogens with one attached hydrogen (secondary N) is 1. The summed E-state index contributed by atoms with van der Waals surface area (Å²) in [7, 11) is -3.70. The number of benzene rings is 7. The quantitative estimate of drug-likeness (QED) is 0.0787. The number of nitrogens with zero attached hydrogens (tertiary/aromatic N) is 1. The molecular weight excluding hydrogens is 840 g/mol. The van der Waals surface area contributed by atoms with E-state index in [4.69, 9.17) is 37.4 Å². The van der Waals surface area contributed by atoms with Gasteiger partial charge in [0.1, 0.15) is 37.1 Å². The molecular formula is C51H48Cl2N2O6S. The van der Waals surface area contributed by atoms with Gasteiger partial charge in [0.05, 0.1) is 34.6 Å². The molecule has 2 N–H and O–H groups in total. The van der Waals surface area contributed by atoms with Crippen molar-refractivity contribution in [2.45, 2.75) is 38.3 Å². The molecule has 0 amide bonds. The predicted octanol–water partition coefficient (Wildman–Crippen LogP) is 11.5. The molecule has 0 aliphatic rings. The van der Waals surface area contributed by atoms with Gasteiger partial charge >= 0.3 is 0 Å². The van der Waals surface area contributed by atoms with E-state index in [1.165, 1.54) is 0 Å². The molecule has 0 unspecified atom stereocenters. The molecule has 0 spiro atoms. The zero-order valence-electron chi connectivity index (χ0n) is 34.2. The summed E-state index contributed by atoms with van der Waals surface area (Å²) >= 11 is 14.0. The van der Waals surface area contributed by atoms with E-state index in [1.54, 1.807) is 12.1 Å². The molecule has 0 fully saturated rings. The molecule has 0 saturated heterocycles. The van der Waals surface area contributed by atoms with E-state index in [0.717, 1.165) is 39.6 Å². The van der Waals surface area contributed by atoms with Gasteiger partial charge in [0.15, 0.2) is 0 Å². The number of aliphatic hydroxyl groups excluding tert-OH is 1. The van der Waals surface area contributed by atoms with Crippen molar-refractivity contribution < 1.29 is 27.7 Å². The SMILES string of the molecule is CS(=O)(=O)Nc1cc([C@H](CO)N(Cc2ccccc2)CC(c2ccc(OCc3ccccc3)c(Cl)c2)c2ccc(OCc3ccccc3)c(Cl)c2)ccc1OCc1ccccc1. The minimum Gasteiger partial charge on any atom is -0.487 e. The minimum absolute atomic E-state index is 0.237. The summed E-state index contributed by atoms with van der Waals surface area (Å²) in [5.74, 6) is 1.14. The Morgan fingerprint density at radius 1 is 0.548 bits per heavy atom. The highest BCUT2D eigenvalue weighted by atomic mass is 35.5. The second kappa shape index (κ2) is 21.3. The van der Waals surface area contributed by atoms with E-state index in [0.29, 0.717) is 59.2 Å². The third-order valence-corrected chi connectivity index (χ3v) is 11.6. The molecule has 0 saturated carbocycles. The normalized spacial score (nSPS) is 12.0. The molecule has 1 atom stereocenters. The summed E-state index contributed by atoms with van der Waals surface area (Å²) in [6.07, 6.45) is 1.10. The van der Waals surface area contributed by atoms with Crippen LogP contribution in [-0.4, -0.2) is 37.8 Å². The van der Waals surface area contributed by atoms with Gasteiger partial charge in [-0.2, -0.15) is 0 Å². The van der Waals surface area contributed by atoms with Crippen molar-refractivity contribution in [3.05, 3.63) is 225 Å². The Balaban J connectivity index is 1.25. The summed E-state index contributed by atoms with van der Waals surface area (Å²) in [6.45, 7) is 1.52. The first kappa shape index (κ1) is 44.3. The van der Waals surface area contributed by atoms with Crippen molar-refractivity contribution in [1.82, 2.24) is 4.90 Å². The van der Waals surface area contributed by atoms with Gasteiger partial charge in [-0.3, -0.25) is 9.62 Å². The van der Waals surface area contributed by atoms with Gasteiger partial charge in [-0.1, -0.05) is 163 Å². The number of aliphatic hydroxyl groups is 1. The largest absolute Gasteiger partial charge is 0.487 e. The molecule has 0 aliphatic heterocycles. The summed E-state index contributed by atoms with van der Waals surface area (Å²) in [5, 5.41) is 12.2. The second-order valence-corrected chi connectivity index (χ2v) is 17.6. The van der Waals surface area contributed by atoms with Crippen molar-refractivity contribution in [3.8, 4) is 17.2 Å². The molecule has 0 heterocycles. The molecule has 8 nitrogen and oxygen atoms in total. The minimum atomic E-state index is -3.70. The van der Waals surface area contributed by atoms with Crippen LogP contribution in [0.5, 0.6) is 17.2 Å². The first-order chi connectivity index (χ1) is 30.1. The van der Waals surface area contributed by atoms with Gasteiger partial charge in [0.25, 0.3) is 0 Å². The summed E-state index contributed by atoms with van der Waals surface area (Å²) in [6, 6.07) is 55.8. The molecule has 318 valence electrons. The zero-order chi connectivity index (χ0) is 43.3. The maximum Gasteiger partial charge on any atom is 0.229 e. The van der Waals surface area contributed by atoms with Crippen molar-refractivity contribution >= 4 is 38.9 Å². The fourth-order valence-electron chi connectivity index (χ4n) is 7.26. The third-order valence-electron chi connectivity index (χ3n) is 10.4. The van der Waals surface area contributed by atoms with Crippen LogP contribution in [-0.2, 0) is 36.4 Å². The Morgan fingerprint density at radius 3 is 1.37 bits per heavy atom. The van der Waals surface area contributed by atoms with Crippen molar-refractivity contribution in [1.29, 1.82) is 0 Å². The number of halogens is 2.